The Labute approximate surface area is 240 Å². The van der Waals surface area contributed by atoms with Gasteiger partial charge in [-0.25, -0.2) is 4.98 Å². The smallest absolute Gasteiger partial charge is 0.236 e. The normalized spacial score (nSPS) is 17.0. The van der Waals surface area contributed by atoms with Crippen LogP contribution < -0.4 is 0 Å². The number of piperazine rings is 1. The third-order valence-corrected chi connectivity index (χ3v) is 8.56. The van der Waals surface area contributed by atoms with E-state index in [9.17, 15) is 9.59 Å². The van der Waals surface area contributed by atoms with Gasteiger partial charge in [-0.15, -0.1) is 10.2 Å². The molecule has 2 atom stereocenters. The lowest BCUT2D eigenvalue weighted by atomic mass is 9.93. The zero-order valence-electron chi connectivity index (χ0n) is 24.0. The molecule has 0 radical (unpaired) electrons. The summed E-state index contributed by atoms with van der Waals surface area (Å²) in [4.78, 5) is 35.4. The molecule has 0 bridgehead atoms. The molecule has 2 aromatic heterocycles. The lowest BCUT2D eigenvalue weighted by Gasteiger charge is -2.43. The summed E-state index contributed by atoms with van der Waals surface area (Å²) >= 11 is 1.40. The van der Waals surface area contributed by atoms with Crippen LogP contribution in [0.2, 0.25) is 0 Å². The van der Waals surface area contributed by atoms with Crippen molar-refractivity contribution in [2.45, 2.75) is 70.5 Å². The number of rotatable bonds is 7. The number of aromatic nitrogens is 4. The fraction of sp³-hybridized carbons (Fsp3) is 0.452. The Morgan fingerprint density at radius 3 is 2.45 bits per heavy atom. The minimum Gasteiger partial charge on any atom is -0.338 e. The molecule has 2 unspecified atom stereocenters. The van der Waals surface area contributed by atoms with E-state index in [1.807, 2.05) is 67.8 Å². The van der Waals surface area contributed by atoms with E-state index in [1.54, 1.807) is 0 Å². The first-order valence-corrected chi connectivity index (χ1v) is 15.0. The van der Waals surface area contributed by atoms with Crippen molar-refractivity contribution in [2.75, 3.05) is 19.6 Å². The van der Waals surface area contributed by atoms with Crippen LogP contribution in [-0.4, -0.2) is 72.3 Å². The fourth-order valence-electron chi connectivity index (χ4n) is 5.38. The number of thioether (sulfide) groups is 1. The van der Waals surface area contributed by atoms with Crippen molar-refractivity contribution in [1.82, 2.24) is 29.5 Å². The third-order valence-electron chi connectivity index (χ3n) is 7.45. The van der Waals surface area contributed by atoms with Gasteiger partial charge in [0.25, 0.3) is 0 Å². The van der Waals surface area contributed by atoms with Crippen LogP contribution in [0.5, 0.6) is 0 Å². The molecule has 8 nitrogen and oxygen atoms in total. The molecule has 1 fully saturated rings. The largest absolute Gasteiger partial charge is 0.338 e. The second-order valence-electron chi connectivity index (χ2n) is 11.6. The Kier molecular flexibility index (Phi) is 8.12. The maximum atomic E-state index is 13.7. The van der Waals surface area contributed by atoms with Gasteiger partial charge in [0.05, 0.1) is 10.8 Å². The van der Waals surface area contributed by atoms with E-state index in [-0.39, 0.29) is 23.1 Å². The Hall–Kier alpha value is -3.46. The molecule has 0 spiro atoms. The summed E-state index contributed by atoms with van der Waals surface area (Å²) in [6.45, 7) is 12.2. The van der Waals surface area contributed by atoms with E-state index in [0.717, 1.165) is 28.5 Å². The summed E-state index contributed by atoms with van der Waals surface area (Å²) in [6, 6.07) is 18.5. The third kappa shape index (κ3) is 5.70. The number of para-hydroxylation sites is 1. The number of nitrogens with zero attached hydrogens (tertiary/aromatic N) is 6. The molecular formula is C31H38N6O2S. The standard InChI is InChI=1S/C31H38N6O2S/c1-6-12-25(28(38)35-17-18-36(21(2)19-35)29(39)31(3,4)5)40-30-32-27-26(33-34-30)23-15-10-11-16-24(23)37(27)20-22-13-8-7-9-14-22/h7-11,13-16,21,25H,6,12,17-20H2,1-5H3. The van der Waals surface area contributed by atoms with E-state index < -0.39 is 5.41 Å². The molecule has 4 aromatic rings. The molecular weight excluding hydrogens is 520 g/mol. The Bertz CT molecular complexity index is 1510. The van der Waals surface area contributed by atoms with Gasteiger partial charge in [-0.05, 0) is 25.0 Å². The molecule has 2 aromatic carbocycles. The first kappa shape index (κ1) is 28.1. The van der Waals surface area contributed by atoms with E-state index in [4.69, 9.17) is 4.98 Å². The van der Waals surface area contributed by atoms with E-state index in [1.165, 1.54) is 17.3 Å². The maximum absolute atomic E-state index is 13.7. The topological polar surface area (TPSA) is 84.2 Å². The zero-order valence-corrected chi connectivity index (χ0v) is 24.8. The van der Waals surface area contributed by atoms with Crippen LogP contribution in [0.1, 0.15) is 53.0 Å². The molecule has 210 valence electrons. The lowest BCUT2D eigenvalue weighted by Crippen LogP contribution is -2.58. The monoisotopic (exact) mass is 558 g/mol. The Morgan fingerprint density at radius 2 is 1.75 bits per heavy atom. The summed E-state index contributed by atoms with van der Waals surface area (Å²) in [5, 5.41) is 10.3. The van der Waals surface area contributed by atoms with Gasteiger partial charge in [-0.3, -0.25) is 9.59 Å². The molecule has 5 rings (SSSR count). The minimum absolute atomic E-state index is 0.0281. The highest BCUT2D eigenvalue weighted by Gasteiger charge is 2.36. The highest BCUT2D eigenvalue weighted by atomic mass is 32.2. The minimum atomic E-state index is -0.438. The number of carbonyl (C=O) groups is 2. The average Bonchev–Trinajstić information content (AvgIpc) is 3.25. The molecule has 0 N–H and O–H groups in total. The molecule has 0 saturated carbocycles. The van der Waals surface area contributed by atoms with Crippen molar-refractivity contribution in [3.05, 3.63) is 60.2 Å². The summed E-state index contributed by atoms with van der Waals surface area (Å²) in [7, 11) is 0. The van der Waals surface area contributed by atoms with Crippen LogP contribution in [0, 0.1) is 5.41 Å². The van der Waals surface area contributed by atoms with Gasteiger partial charge in [-0.2, -0.15) is 0 Å². The van der Waals surface area contributed by atoms with Gasteiger partial charge in [-0.1, -0.05) is 94.4 Å². The van der Waals surface area contributed by atoms with Crippen molar-refractivity contribution in [1.29, 1.82) is 0 Å². The molecule has 1 saturated heterocycles. The van der Waals surface area contributed by atoms with Gasteiger partial charge >= 0.3 is 0 Å². The van der Waals surface area contributed by atoms with Crippen molar-refractivity contribution in [2.24, 2.45) is 5.41 Å². The number of amides is 2. The van der Waals surface area contributed by atoms with E-state index in [0.29, 0.717) is 37.8 Å². The van der Waals surface area contributed by atoms with Gasteiger partial charge < -0.3 is 14.4 Å². The quantitative estimate of drug-likeness (QED) is 0.283. The summed E-state index contributed by atoms with van der Waals surface area (Å²) in [5.74, 6) is 0.209. The highest BCUT2D eigenvalue weighted by molar-refractivity contribution is 8.00. The summed E-state index contributed by atoms with van der Waals surface area (Å²) < 4.78 is 2.18. The van der Waals surface area contributed by atoms with Gasteiger partial charge in [0, 0.05) is 43.0 Å². The number of fused-ring (bicyclic) bond motifs is 3. The fourth-order valence-corrected chi connectivity index (χ4v) is 6.47. The summed E-state index contributed by atoms with van der Waals surface area (Å²) in [5.41, 5.74) is 3.33. The average molecular weight is 559 g/mol. The molecule has 3 heterocycles. The van der Waals surface area contributed by atoms with Crippen LogP contribution >= 0.6 is 11.8 Å². The van der Waals surface area contributed by atoms with Crippen molar-refractivity contribution in [3.63, 3.8) is 0 Å². The van der Waals surface area contributed by atoms with Crippen LogP contribution in [0.4, 0.5) is 0 Å². The molecule has 40 heavy (non-hydrogen) atoms. The van der Waals surface area contributed by atoms with Gasteiger partial charge in [0.2, 0.25) is 17.0 Å². The first-order valence-electron chi connectivity index (χ1n) is 14.1. The number of hydrogen-bond acceptors (Lipinski definition) is 6. The zero-order chi connectivity index (χ0) is 28.4. The number of hydrogen-bond donors (Lipinski definition) is 0. The Balaban J connectivity index is 1.40. The lowest BCUT2D eigenvalue weighted by molar-refractivity contribution is -0.148. The predicted octanol–water partition coefficient (Wildman–Crippen LogP) is 5.39. The molecule has 0 aliphatic carbocycles. The van der Waals surface area contributed by atoms with Crippen LogP contribution in [-0.2, 0) is 16.1 Å². The molecule has 1 aliphatic rings. The first-order chi connectivity index (χ1) is 19.2. The predicted molar refractivity (Wildman–Crippen MR) is 160 cm³/mol. The van der Waals surface area contributed by atoms with Gasteiger partial charge in [0.15, 0.2) is 5.65 Å². The van der Waals surface area contributed by atoms with Crippen molar-refractivity contribution >= 4 is 45.6 Å². The Morgan fingerprint density at radius 1 is 1.02 bits per heavy atom. The van der Waals surface area contributed by atoms with Crippen molar-refractivity contribution < 1.29 is 9.59 Å². The van der Waals surface area contributed by atoms with Crippen LogP contribution in [0.15, 0.2) is 59.8 Å². The maximum Gasteiger partial charge on any atom is 0.236 e. The van der Waals surface area contributed by atoms with Crippen LogP contribution in [0.3, 0.4) is 0 Å². The highest BCUT2D eigenvalue weighted by Crippen LogP contribution is 2.31. The molecule has 1 aliphatic heterocycles. The molecule has 9 heteroatoms. The molecule has 2 amide bonds. The number of benzene rings is 2. The second-order valence-corrected chi connectivity index (χ2v) is 12.8. The SMILES string of the molecule is CCCC(Sc1nnc2c3ccccc3n(Cc3ccccc3)c2n1)C(=O)N1CCN(C(=O)C(C)(C)C)C(C)C1. The number of carbonyl (C=O) groups excluding carboxylic acids is 2. The summed E-state index contributed by atoms with van der Waals surface area (Å²) in [6.07, 6.45) is 1.58. The van der Waals surface area contributed by atoms with Crippen LogP contribution in [0.25, 0.3) is 22.1 Å². The van der Waals surface area contributed by atoms with E-state index in [2.05, 4.69) is 46.0 Å². The van der Waals surface area contributed by atoms with Gasteiger partial charge in [0.1, 0.15) is 5.52 Å². The van der Waals surface area contributed by atoms with Crippen molar-refractivity contribution in [3.8, 4) is 0 Å². The van der Waals surface area contributed by atoms with E-state index >= 15 is 0 Å². The second kappa shape index (κ2) is 11.6.